The summed E-state index contributed by atoms with van der Waals surface area (Å²) in [5.74, 6) is -1.93. The van der Waals surface area contributed by atoms with Crippen LogP contribution in [0.3, 0.4) is 0 Å². The number of esters is 2. The van der Waals surface area contributed by atoms with Gasteiger partial charge in [-0.25, -0.2) is 18.4 Å². The zero-order chi connectivity index (χ0) is 18.8. The van der Waals surface area contributed by atoms with Gasteiger partial charge in [-0.15, -0.1) is 0 Å². The van der Waals surface area contributed by atoms with E-state index in [-0.39, 0.29) is 24.8 Å². The molecule has 4 nitrogen and oxygen atoms in total. The Morgan fingerprint density at radius 3 is 1.38 bits per heavy atom. The summed E-state index contributed by atoms with van der Waals surface area (Å²) < 4.78 is 35.2. The summed E-state index contributed by atoms with van der Waals surface area (Å²) in [7, 11) is 0. The molecule has 134 valence electrons. The van der Waals surface area contributed by atoms with E-state index in [1.807, 2.05) is 0 Å². The monoisotopic (exact) mass is 358 g/mol. The van der Waals surface area contributed by atoms with Gasteiger partial charge in [0.1, 0.15) is 24.8 Å². The highest BCUT2D eigenvalue weighted by molar-refractivity contribution is 5.87. The minimum atomic E-state index is -0.604. The Labute approximate surface area is 149 Å². The Kier molecular flexibility index (Phi) is 7.24. The van der Waals surface area contributed by atoms with Gasteiger partial charge in [0, 0.05) is 12.2 Å². The number of ether oxygens (including phenoxy) is 2. The molecule has 2 aromatic carbocycles. The number of hydrogen-bond donors (Lipinski definition) is 0. The van der Waals surface area contributed by atoms with Crippen LogP contribution in [0.5, 0.6) is 0 Å². The van der Waals surface area contributed by atoms with E-state index in [4.69, 9.17) is 9.47 Å². The van der Waals surface area contributed by atoms with Gasteiger partial charge >= 0.3 is 11.9 Å². The fraction of sp³-hybridized carbons (Fsp3) is 0.100. The summed E-state index contributed by atoms with van der Waals surface area (Å²) in [6, 6.07) is 11.2. The molecule has 0 saturated carbocycles. The first kappa shape index (κ1) is 19.1. The molecule has 0 saturated heterocycles. The smallest absolute Gasteiger partial charge is 0.330 e. The maximum atomic E-state index is 12.7. The SMILES string of the molecule is O=C(/C=C/c1ccc(F)cc1)OCCOC(=O)/C=C/c1ccc(F)cc1. The van der Waals surface area contributed by atoms with Crippen molar-refractivity contribution in [2.75, 3.05) is 13.2 Å². The number of rotatable bonds is 7. The number of halogens is 2. The van der Waals surface area contributed by atoms with Crippen LogP contribution in [0.4, 0.5) is 8.78 Å². The molecule has 0 amide bonds. The molecular weight excluding hydrogens is 342 g/mol. The van der Waals surface area contributed by atoms with E-state index in [0.717, 1.165) is 0 Å². The molecule has 0 bridgehead atoms. The fourth-order valence-corrected chi connectivity index (χ4v) is 1.86. The van der Waals surface area contributed by atoms with Crippen LogP contribution < -0.4 is 0 Å². The van der Waals surface area contributed by atoms with Crippen LogP contribution in [0.15, 0.2) is 60.7 Å². The quantitative estimate of drug-likeness (QED) is 0.429. The third kappa shape index (κ3) is 7.09. The Bertz CT molecular complexity index is 724. The fourth-order valence-electron chi connectivity index (χ4n) is 1.86. The van der Waals surface area contributed by atoms with Crippen LogP contribution in [0.2, 0.25) is 0 Å². The Balaban J connectivity index is 1.66. The first-order chi connectivity index (χ1) is 12.5. The summed E-state index contributed by atoms with van der Waals surface area (Å²) in [5, 5.41) is 0. The average molecular weight is 358 g/mol. The first-order valence-corrected chi connectivity index (χ1v) is 7.74. The summed E-state index contributed by atoms with van der Waals surface area (Å²) in [5.41, 5.74) is 1.31. The molecule has 0 radical (unpaired) electrons. The predicted molar refractivity (Wildman–Crippen MR) is 92.8 cm³/mol. The summed E-state index contributed by atoms with van der Waals surface area (Å²) in [6.45, 7) is -0.189. The standard InChI is InChI=1S/C20H16F2O4/c21-17-7-1-15(2-8-17)5-11-19(23)25-13-14-26-20(24)12-6-16-3-9-18(22)10-4-16/h1-12H,13-14H2/b11-5+,12-6+. The second kappa shape index (κ2) is 9.88. The molecule has 2 aromatic rings. The molecule has 0 heterocycles. The van der Waals surface area contributed by atoms with Crippen LogP contribution in [-0.4, -0.2) is 25.2 Å². The highest BCUT2D eigenvalue weighted by atomic mass is 19.1. The van der Waals surface area contributed by atoms with Crippen molar-refractivity contribution in [2.45, 2.75) is 0 Å². The molecule has 0 unspecified atom stereocenters. The summed E-state index contributed by atoms with van der Waals surface area (Å²) in [4.78, 5) is 23.0. The van der Waals surface area contributed by atoms with Gasteiger partial charge in [-0.3, -0.25) is 0 Å². The Morgan fingerprint density at radius 1 is 0.692 bits per heavy atom. The number of benzene rings is 2. The van der Waals surface area contributed by atoms with Gasteiger partial charge in [-0.1, -0.05) is 24.3 Å². The summed E-state index contributed by atoms with van der Waals surface area (Å²) >= 11 is 0. The Hall–Kier alpha value is -3.28. The van der Waals surface area contributed by atoms with Crippen LogP contribution in [0.25, 0.3) is 12.2 Å². The van der Waals surface area contributed by atoms with Gasteiger partial charge in [-0.2, -0.15) is 0 Å². The van der Waals surface area contributed by atoms with Crippen molar-refractivity contribution in [3.63, 3.8) is 0 Å². The molecule has 26 heavy (non-hydrogen) atoms. The van der Waals surface area contributed by atoms with Crippen LogP contribution >= 0.6 is 0 Å². The largest absolute Gasteiger partial charge is 0.459 e. The predicted octanol–water partition coefficient (Wildman–Crippen LogP) is 3.78. The molecular formula is C20H16F2O4. The molecule has 0 aliphatic carbocycles. The lowest BCUT2D eigenvalue weighted by atomic mass is 10.2. The molecule has 0 aliphatic heterocycles. The Morgan fingerprint density at radius 2 is 1.04 bits per heavy atom. The lowest BCUT2D eigenvalue weighted by Crippen LogP contribution is -2.11. The van der Waals surface area contributed by atoms with Crippen LogP contribution in [0.1, 0.15) is 11.1 Å². The van der Waals surface area contributed by atoms with E-state index >= 15 is 0 Å². The molecule has 2 rings (SSSR count). The maximum absolute atomic E-state index is 12.7. The van der Waals surface area contributed by atoms with Gasteiger partial charge in [0.25, 0.3) is 0 Å². The molecule has 0 aromatic heterocycles. The van der Waals surface area contributed by atoms with E-state index in [9.17, 15) is 18.4 Å². The zero-order valence-electron chi connectivity index (χ0n) is 13.7. The normalized spacial score (nSPS) is 11.0. The molecule has 6 heteroatoms. The van der Waals surface area contributed by atoms with Crippen molar-refractivity contribution in [3.05, 3.63) is 83.4 Å². The van der Waals surface area contributed by atoms with Gasteiger partial charge in [0.15, 0.2) is 0 Å². The van der Waals surface area contributed by atoms with E-state index < -0.39 is 11.9 Å². The van der Waals surface area contributed by atoms with E-state index in [1.165, 1.54) is 72.8 Å². The van der Waals surface area contributed by atoms with E-state index in [2.05, 4.69) is 0 Å². The molecule has 0 fully saturated rings. The van der Waals surface area contributed by atoms with Crippen molar-refractivity contribution in [3.8, 4) is 0 Å². The molecule has 0 N–H and O–H groups in total. The second-order valence-electron chi connectivity index (χ2n) is 5.10. The first-order valence-electron chi connectivity index (χ1n) is 7.74. The lowest BCUT2D eigenvalue weighted by Gasteiger charge is -2.02. The molecule has 0 aliphatic rings. The number of carbonyl (C=O) groups is 2. The van der Waals surface area contributed by atoms with Gasteiger partial charge in [0.05, 0.1) is 0 Å². The highest BCUT2D eigenvalue weighted by Crippen LogP contribution is 2.05. The minimum Gasteiger partial charge on any atom is -0.459 e. The number of hydrogen-bond acceptors (Lipinski definition) is 4. The maximum Gasteiger partial charge on any atom is 0.330 e. The third-order valence-corrected chi connectivity index (χ3v) is 3.14. The lowest BCUT2D eigenvalue weighted by molar-refractivity contribution is -0.145. The third-order valence-electron chi connectivity index (χ3n) is 3.14. The van der Waals surface area contributed by atoms with Crippen molar-refractivity contribution in [1.29, 1.82) is 0 Å². The van der Waals surface area contributed by atoms with E-state index in [1.54, 1.807) is 0 Å². The van der Waals surface area contributed by atoms with Gasteiger partial charge in [-0.05, 0) is 47.5 Å². The van der Waals surface area contributed by atoms with Gasteiger partial charge in [0.2, 0.25) is 0 Å². The minimum absolute atomic E-state index is 0.0945. The van der Waals surface area contributed by atoms with Crippen molar-refractivity contribution >= 4 is 24.1 Å². The number of carbonyl (C=O) groups excluding carboxylic acids is 2. The van der Waals surface area contributed by atoms with E-state index in [0.29, 0.717) is 11.1 Å². The van der Waals surface area contributed by atoms with Crippen LogP contribution in [0, 0.1) is 11.6 Å². The topological polar surface area (TPSA) is 52.6 Å². The zero-order valence-corrected chi connectivity index (χ0v) is 13.7. The highest BCUT2D eigenvalue weighted by Gasteiger charge is 2.00. The second-order valence-corrected chi connectivity index (χ2v) is 5.10. The molecule has 0 atom stereocenters. The van der Waals surface area contributed by atoms with Gasteiger partial charge < -0.3 is 9.47 Å². The van der Waals surface area contributed by atoms with Crippen molar-refractivity contribution in [2.24, 2.45) is 0 Å². The van der Waals surface area contributed by atoms with Crippen molar-refractivity contribution < 1.29 is 27.8 Å². The molecule has 0 spiro atoms. The average Bonchev–Trinajstić information content (AvgIpc) is 2.64. The van der Waals surface area contributed by atoms with Crippen LogP contribution in [-0.2, 0) is 19.1 Å². The van der Waals surface area contributed by atoms with Crippen molar-refractivity contribution in [1.82, 2.24) is 0 Å². The summed E-state index contributed by atoms with van der Waals surface area (Å²) in [6.07, 6.45) is 5.37.